The highest BCUT2D eigenvalue weighted by Gasteiger charge is 2.32. The van der Waals surface area contributed by atoms with Gasteiger partial charge in [0.15, 0.2) is 0 Å². The third kappa shape index (κ3) is 1.29. The van der Waals surface area contributed by atoms with E-state index >= 15 is 0 Å². The Morgan fingerprint density at radius 2 is 1.70 bits per heavy atom. The van der Waals surface area contributed by atoms with Crippen molar-refractivity contribution in [1.82, 2.24) is 0 Å². The van der Waals surface area contributed by atoms with Gasteiger partial charge < -0.3 is 21.7 Å². The topological polar surface area (TPSA) is 92.5 Å². The maximum absolute atomic E-state index is 9.21. The van der Waals surface area contributed by atoms with Crippen molar-refractivity contribution in [3.8, 4) is 0 Å². The molecule has 0 amide bonds. The molecule has 1 aliphatic carbocycles. The molecule has 4 unspecified atom stereocenters. The molecule has 6 N–H and O–H groups in total. The fourth-order valence-corrected chi connectivity index (χ4v) is 1.24. The minimum atomic E-state index is -0.747. The van der Waals surface area contributed by atoms with Crippen molar-refractivity contribution < 1.29 is 10.2 Å². The number of nitrogens with two attached hydrogens (primary N) is 2. The van der Waals surface area contributed by atoms with Crippen molar-refractivity contribution in [2.75, 3.05) is 0 Å². The van der Waals surface area contributed by atoms with E-state index in [1.807, 2.05) is 0 Å². The van der Waals surface area contributed by atoms with Crippen LogP contribution in [0.15, 0.2) is 0 Å². The average Bonchev–Trinajstić information content (AvgIpc) is 1.93. The van der Waals surface area contributed by atoms with E-state index in [0.29, 0.717) is 12.8 Å². The molecule has 0 radical (unpaired) electrons. The summed E-state index contributed by atoms with van der Waals surface area (Å²) in [6.07, 6.45) is -0.0892. The van der Waals surface area contributed by atoms with Gasteiger partial charge in [-0.25, -0.2) is 0 Å². The van der Waals surface area contributed by atoms with Gasteiger partial charge in [0.2, 0.25) is 0 Å². The Kier molecular flexibility index (Phi) is 2.25. The second kappa shape index (κ2) is 2.84. The van der Waals surface area contributed by atoms with Crippen LogP contribution in [0.3, 0.4) is 0 Å². The summed E-state index contributed by atoms with van der Waals surface area (Å²) in [4.78, 5) is 0. The molecule has 0 bridgehead atoms. The molecule has 1 fully saturated rings. The molecule has 4 nitrogen and oxygen atoms in total. The standard InChI is InChI=1S/C6H14N2O2/c7-3-1-2-4(9)5(8)6(3)10/h3-6,9-10H,1-2,7-8H2. The zero-order chi connectivity index (χ0) is 7.72. The molecule has 0 spiro atoms. The van der Waals surface area contributed by atoms with Crippen LogP contribution in [0.25, 0.3) is 0 Å². The van der Waals surface area contributed by atoms with E-state index in [-0.39, 0.29) is 6.04 Å². The summed E-state index contributed by atoms with van der Waals surface area (Å²) in [5.74, 6) is 0. The predicted molar refractivity (Wildman–Crippen MR) is 37.2 cm³/mol. The van der Waals surface area contributed by atoms with Gasteiger partial charge in [0.05, 0.1) is 18.2 Å². The summed E-state index contributed by atoms with van der Waals surface area (Å²) in [5.41, 5.74) is 10.9. The molecule has 0 saturated heterocycles. The van der Waals surface area contributed by atoms with Gasteiger partial charge in [-0.3, -0.25) is 0 Å². The van der Waals surface area contributed by atoms with Crippen LogP contribution in [0, 0.1) is 0 Å². The molecule has 4 heteroatoms. The van der Waals surface area contributed by atoms with E-state index in [1.165, 1.54) is 0 Å². The van der Waals surface area contributed by atoms with Crippen LogP contribution < -0.4 is 11.5 Å². The van der Waals surface area contributed by atoms with Gasteiger partial charge in [0.1, 0.15) is 0 Å². The van der Waals surface area contributed by atoms with Crippen molar-refractivity contribution in [2.24, 2.45) is 11.5 Å². The molecule has 0 aromatic heterocycles. The lowest BCUT2D eigenvalue weighted by Crippen LogP contribution is -2.56. The van der Waals surface area contributed by atoms with Crippen LogP contribution in [0.1, 0.15) is 12.8 Å². The Hall–Kier alpha value is -0.160. The number of hydrogen-bond donors (Lipinski definition) is 4. The van der Waals surface area contributed by atoms with Crippen molar-refractivity contribution in [1.29, 1.82) is 0 Å². The SMILES string of the molecule is NC1CCC(O)C(N)C1O. The third-order valence-corrected chi connectivity index (χ3v) is 2.07. The van der Waals surface area contributed by atoms with E-state index < -0.39 is 18.2 Å². The largest absolute Gasteiger partial charge is 0.391 e. The molecule has 0 heterocycles. The van der Waals surface area contributed by atoms with E-state index in [0.717, 1.165) is 0 Å². The predicted octanol–water partition coefficient (Wildman–Crippen LogP) is -1.84. The summed E-state index contributed by atoms with van der Waals surface area (Å²) in [7, 11) is 0. The highest BCUT2D eigenvalue weighted by molar-refractivity contribution is 4.91. The first-order valence-electron chi connectivity index (χ1n) is 3.50. The molecule has 0 aromatic rings. The van der Waals surface area contributed by atoms with Crippen LogP contribution in [0.5, 0.6) is 0 Å². The van der Waals surface area contributed by atoms with Gasteiger partial charge in [-0.15, -0.1) is 0 Å². The first-order chi connectivity index (χ1) is 4.63. The first-order valence-corrected chi connectivity index (χ1v) is 3.50. The summed E-state index contributed by atoms with van der Waals surface area (Å²) in [6, 6.07) is -0.831. The van der Waals surface area contributed by atoms with E-state index in [9.17, 15) is 5.11 Å². The molecular weight excluding hydrogens is 132 g/mol. The quantitative estimate of drug-likeness (QED) is 0.323. The van der Waals surface area contributed by atoms with Gasteiger partial charge in [0.25, 0.3) is 0 Å². The van der Waals surface area contributed by atoms with Gasteiger partial charge in [-0.2, -0.15) is 0 Å². The first kappa shape index (κ1) is 7.94. The number of rotatable bonds is 0. The van der Waals surface area contributed by atoms with Gasteiger partial charge in [-0.1, -0.05) is 0 Å². The van der Waals surface area contributed by atoms with Gasteiger partial charge in [0, 0.05) is 6.04 Å². The second-order valence-electron chi connectivity index (χ2n) is 2.88. The number of aliphatic hydroxyl groups excluding tert-OH is 2. The molecule has 1 saturated carbocycles. The Morgan fingerprint density at radius 3 is 2.20 bits per heavy atom. The molecule has 1 aliphatic rings. The van der Waals surface area contributed by atoms with E-state index in [4.69, 9.17) is 16.6 Å². The molecule has 10 heavy (non-hydrogen) atoms. The Labute approximate surface area is 59.8 Å². The van der Waals surface area contributed by atoms with E-state index in [2.05, 4.69) is 0 Å². The minimum Gasteiger partial charge on any atom is -0.391 e. The average molecular weight is 146 g/mol. The lowest BCUT2D eigenvalue weighted by molar-refractivity contribution is 0.00530. The van der Waals surface area contributed by atoms with Crippen LogP contribution >= 0.6 is 0 Å². The smallest absolute Gasteiger partial charge is 0.0866 e. The van der Waals surface area contributed by atoms with Gasteiger partial charge in [-0.05, 0) is 12.8 Å². The summed E-state index contributed by atoms with van der Waals surface area (Å²) in [5, 5.41) is 18.3. The molecule has 1 rings (SSSR count). The monoisotopic (exact) mass is 146 g/mol. The summed E-state index contributed by atoms with van der Waals surface area (Å²) < 4.78 is 0. The Balaban J connectivity index is 2.52. The minimum absolute atomic E-state index is 0.265. The highest BCUT2D eigenvalue weighted by atomic mass is 16.3. The second-order valence-corrected chi connectivity index (χ2v) is 2.88. The molecule has 0 aliphatic heterocycles. The van der Waals surface area contributed by atoms with Crippen molar-refractivity contribution in [2.45, 2.75) is 37.1 Å². The summed E-state index contributed by atoms with van der Waals surface area (Å²) in [6.45, 7) is 0. The number of hydrogen-bond acceptors (Lipinski definition) is 4. The van der Waals surface area contributed by atoms with Gasteiger partial charge >= 0.3 is 0 Å². The Morgan fingerprint density at radius 1 is 1.10 bits per heavy atom. The fraction of sp³-hybridized carbons (Fsp3) is 1.00. The van der Waals surface area contributed by atoms with E-state index in [1.54, 1.807) is 0 Å². The zero-order valence-corrected chi connectivity index (χ0v) is 5.77. The molecule has 4 atom stereocenters. The molecule has 0 aromatic carbocycles. The van der Waals surface area contributed by atoms with Crippen molar-refractivity contribution in [3.63, 3.8) is 0 Å². The lowest BCUT2D eigenvalue weighted by Gasteiger charge is -2.33. The van der Waals surface area contributed by atoms with Crippen molar-refractivity contribution in [3.05, 3.63) is 0 Å². The maximum Gasteiger partial charge on any atom is 0.0866 e. The number of aliphatic hydroxyl groups is 2. The highest BCUT2D eigenvalue weighted by Crippen LogP contribution is 2.16. The van der Waals surface area contributed by atoms with Crippen LogP contribution in [-0.4, -0.2) is 34.5 Å². The van der Waals surface area contributed by atoms with Crippen molar-refractivity contribution >= 4 is 0 Å². The molecule has 60 valence electrons. The molecular formula is C6H14N2O2. The maximum atomic E-state index is 9.21. The van der Waals surface area contributed by atoms with Crippen LogP contribution in [0.4, 0.5) is 0 Å². The third-order valence-electron chi connectivity index (χ3n) is 2.07. The Bertz CT molecular complexity index is 106. The summed E-state index contributed by atoms with van der Waals surface area (Å²) >= 11 is 0. The fourth-order valence-electron chi connectivity index (χ4n) is 1.24. The zero-order valence-electron chi connectivity index (χ0n) is 5.77. The lowest BCUT2D eigenvalue weighted by atomic mass is 9.87. The normalized spacial score (nSPS) is 49.2. The van der Waals surface area contributed by atoms with Crippen LogP contribution in [0.2, 0.25) is 0 Å². The van der Waals surface area contributed by atoms with Crippen LogP contribution in [-0.2, 0) is 0 Å².